The third kappa shape index (κ3) is 4.58. The van der Waals surface area contributed by atoms with E-state index in [0.717, 1.165) is 43.9 Å². The van der Waals surface area contributed by atoms with Crippen LogP contribution in [0.2, 0.25) is 0 Å². The van der Waals surface area contributed by atoms with Crippen molar-refractivity contribution in [2.24, 2.45) is 0 Å². The fraction of sp³-hybridized carbons (Fsp3) is 0.533. The van der Waals surface area contributed by atoms with Gasteiger partial charge in [0.1, 0.15) is 0 Å². The molecule has 0 aliphatic carbocycles. The van der Waals surface area contributed by atoms with Gasteiger partial charge in [0.2, 0.25) is 0 Å². The number of thiocarbonyl (C=S) groups is 1. The van der Waals surface area contributed by atoms with Gasteiger partial charge in [-0.2, -0.15) is 13.2 Å². The molecule has 2 rings (SSSR count). The fourth-order valence-corrected chi connectivity index (χ4v) is 2.80. The Labute approximate surface area is 134 Å². The second-order valence-electron chi connectivity index (χ2n) is 5.30. The highest BCUT2D eigenvalue weighted by Crippen LogP contribution is 2.29. The third-order valence-corrected chi connectivity index (χ3v) is 4.05. The molecule has 1 aliphatic heterocycles. The van der Waals surface area contributed by atoms with Crippen molar-refractivity contribution in [2.45, 2.75) is 19.6 Å². The van der Waals surface area contributed by atoms with Gasteiger partial charge in [-0.3, -0.25) is 4.90 Å². The van der Waals surface area contributed by atoms with Crippen LogP contribution in [0.1, 0.15) is 18.1 Å². The van der Waals surface area contributed by atoms with E-state index in [9.17, 15) is 13.2 Å². The molecule has 1 heterocycles. The van der Waals surface area contributed by atoms with Gasteiger partial charge in [0.25, 0.3) is 0 Å². The van der Waals surface area contributed by atoms with Crippen molar-refractivity contribution >= 4 is 17.3 Å². The highest BCUT2D eigenvalue weighted by Gasteiger charge is 2.30. The average molecular weight is 331 g/mol. The maximum atomic E-state index is 12.7. The average Bonchev–Trinajstić information content (AvgIpc) is 2.48. The van der Waals surface area contributed by atoms with E-state index >= 15 is 0 Å². The molecule has 1 aromatic carbocycles. The van der Waals surface area contributed by atoms with Crippen LogP contribution < -0.4 is 5.32 Å². The Morgan fingerprint density at radius 3 is 2.50 bits per heavy atom. The van der Waals surface area contributed by atoms with Gasteiger partial charge >= 0.3 is 6.18 Å². The van der Waals surface area contributed by atoms with Crippen LogP contribution in [0.25, 0.3) is 0 Å². The first-order chi connectivity index (χ1) is 10.4. The Hall–Kier alpha value is -1.34. The molecule has 1 fully saturated rings. The van der Waals surface area contributed by atoms with Crippen molar-refractivity contribution < 1.29 is 13.2 Å². The topological polar surface area (TPSA) is 18.5 Å². The van der Waals surface area contributed by atoms with Crippen LogP contribution in [0.5, 0.6) is 0 Å². The summed E-state index contributed by atoms with van der Waals surface area (Å²) in [6.45, 7) is 6.50. The summed E-state index contributed by atoms with van der Waals surface area (Å²) in [6, 6.07) is 5.55. The monoisotopic (exact) mass is 331 g/mol. The molecule has 1 saturated heterocycles. The lowest BCUT2D eigenvalue weighted by Crippen LogP contribution is -2.51. The van der Waals surface area contributed by atoms with E-state index in [1.54, 1.807) is 6.07 Å². The normalized spacial score (nSPS) is 16.6. The Kier molecular flexibility index (Phi) is 5.63. The van der Waals surface area contributed by atoms with Gasteiger partial charge in [-0.15, -0.1) is 0 Å². The van der Waals surface area contributed by atoms with E-state index in [-0.39, 0.29) is 0 Å². The van der Waals surface area contributed by atoms with E-state index in [0.29, 0.717) is 12.1 Å². The summed E-state index contributed by atoms with van der Waals surface area (Å²) in [5.41, 5.74) is 0.106. The molecule has 122 valence electrons. The Morgan fingerprint density at radius 1 is 1.23 bits per heavy atom. The van der Waals surface area contributed by atoms with Gasteiger partial charge in [0.15, 0.2) is 5.11 Å². The maximum absolute atomic E-state index is 12.7. The summed E-state index contributed by atoms with van der Waals surface area (Å²) in [5.74, 6) is 0. The van der Waals surface area contributed by atoms with Crippen LogP contribution in [0, 0.1) is 0 Å². The van der Waals surface area contributed by atoms with E-state index in [4.69, 9.17) is 12.2 Å². The van der Waals surface area contributed by atoms with Crippen molar-refractivity contribution in [1.82, 2.24) is 15.1 Å². The zero-order chi connectivity index (χ0) is 16.2. The maximum Gasteiger partial charge on any atom is 0.416 e. The molecule has 0 amide bonds. The van der Waals surface area contributed by atoms with Gasteiger partial charge in [0, 0.05) is 39.3 Å². The number of halogens is 3. The molecule has 22 heavy (non-hydrogen) atoms. The second kappa shape index (κ2) is 7.28. The van der Waals surface area contributed by atoms with Crippen molar-refractivity contribution in [2.75, 3.05) is 32.7 Å². The van der Waals surface area contributed by atoms with Gasteiger partial charge in [-0.25, -0.2) is 0 Å². The minimum atomic E-state index is -4.29. The molecule has 0 aromatic heterocycles. The van der Waals surface area contributed by atoms with E-state index in [1.807, 2.05) is 6.92 Å². The SMILES string of the molecule is CCNC(=S)N1CCN(Cc2cccc(C(F)(F)F)c2)CC1. The number of rotatable bonds is 3. The molecule has 1 N–H and O–H groups in total. The smallest absolute Gasteiger partial charge is 0.363 e. The lowest BCUT2D eigenvalue weighted by Gasteiger charge is -2.36. The molecular formula is C15H20F3N3S. The number of hydrogen-bond donors (Lipinski definition) is 1. The highest BCUT2D eigenvalue weighted by atomic mass is 32.1. The zero-order valence-corrected chi connectivity index (χ0v) is 13.3. The van der Waals surface area contributed by atoms with Crippen LogP contribution in [-0.2, 0) is 12.7 Å². The first kappa shape index (κ1) is 17.0. The van der Waals surface area contributed by atoms with Crippen LogP contribution in [0.3, 0.4) is 0 Å². The largest absolute Gasteiger partial charge is 0.416 e. The first-order valence-electron chi connectivity index (χ1n) is 7.31. The summed E-state index contributed by atoms with van der Waals surface area (Å²) in [4.78, 5) is 4.25. The van der Waals surface area contributed by atoms with Crippen LogP contribution in [-0.4, -0.2) is 47.6 Å². The highest BCUT2D eigenvalue weighted by molar-refractivity contribution is 7.80. The number of alkyl halides is 3. The molecule has 0 radical (unpaired) electrons. The summed E-state index contributed by atoms with van der Waals surface area (Å²) in [7, 11) is 0. The van der Waals surface area contributed by atoms with Crippen molar-refractivity contribution in [3.63, 3.8) is 0 Å². The van der Waals surface area contributed by atoms with E-state index in [1.165, 1.54) is 12.1 Å². The minimum Gasteiger partial charge on any atom is -0.363 e. The molecule has 7 heteroatoms. The van der Waals surface area contributed by atoms with Crippen LogP contribution in [0.4, 0.5) is 13.2 Å². The Balaban J connectivity index is 1.90. The Bertz CT molecular complexity index is 511. The predicted molar refractivity (Wildman–Crippen MR) is 84.6 cm³/mol. The summed E-state index contributed by atoms with van der Waals surface area (Å²) in [5, 5.41) is 3.87. The van der Waals surface area contributed by atoms with E-state index in [2.05, 4.69) is 15.1 Å². The molecule has 0 spiro atoms. The number of piperazine rings is 1. The number of nitrogens with zero attached hydrogens (tertiary/aromatic N) is 2. The number of nitrogens with one attached hydrogen (secondary N) is 1. The molecular weight excluding hydrogens is 311 g/mol. The molecule has 0 atom stereocenters. The van der Waals surface area contributed by atoms with Crippen LogP contribution >= 0.6 is 12.2 Å². The molecule has 1 aliphatic rings. The fourth-order valence-electron chi connectivity index (χ4n) is 2.48. The lowest BCUT2D eigenvalue weighted by atomic mass is 10.1. The second-order valence-corrected chi connectivity index (χ2v) is 5.68. The standard InChI is InChI=1S/C15H20F3N3S/c1-2-19-14(22)21-8-6-20(7-9-21)11-12-4-3-5-13(10-12)15(16,17)18/h3-5,10H,2,6-9,11H2,1H3,(H,19,22). The summed E-state index contributed by atoms with van der Waals surface area (Å²) in [6.07, 6.45) is -4.29. The Morgan fingerprint density at radius 2 is 1.91 bits per heavy atom. The van der Waals surface area contributed by atoms with Gasteiger partial charge in [-0.1, -0.05) is 18.2 Å². The molecule has 1 aromatic rings. The van der Waals surface area contributed by atoms with E-state index < -0.39 is 11.7 Å². The van der Waals surface area contributed by atoms with Crippen molar-refractivity contribution in [3.8, 4) is 0 Å². The molecule has 0 unspecified atom stereocenters. The van der Waals surface area contributed by atoms with Crippen LogP contribution in [0.15, 0.2) is 24.3 Å². The summed E-state index contributed by atoms with van der Waals surface area (Å²) >= 11 is 5.27. The number of hydrogen-bond acceptors (Lipinski definition) is 2. The molecule has 0 saturated carbocycles. The minimum absolute atomic E-state index is 0.533. The van der Waals surface area contributed by atoms with Gasteiger partial charge < -0.3 is 10.2 Å². The zero-order valence-electron chi connectivity index (χ0n) is 12.5. The number of benzene rings is 1. The molecule has 0 bridgehead atoms. The lowest BCUT2D eigenvalue weighted by molar-refractivity contribution is -0.137. The summed E-state index contributed by atoms with van der Waals surface area (Å²) < 4.78 is 38.2. The quantitative estimate of drug-likeness (QED) is 0.858. The third-order valence-electron chi connectivity index (χ3n) is 3.65. The van der Waals surface area contributed by atoms with Crippen molar-refractivity contribution in [3.05, 3.63) is 35.4 Å². The molecule has 3 nitrogen and oxygen atoms in total. The first-order valence-corrected chi connectivity index (χ1v) is 7.72. The predicted octanol–water partition coefficient (Wildman–Crippen LogP) is 2.72. The van der Waals surface area contributed by atoms with Gasteiger partial charge in [-0.05, 0) is 30.8 Å². The van der Waals surface area contributed by atoms with Gasteiger partial charge in [0.05, 0.1) is 5.56 Å². The van der Waals surface area contributed by atoms with Crippen molar-refractivity contribution in [1.29, 1.82) is 0 Å².